The van der Waals surface area contributed by atoms with Gasteiger partial charge in [-0.05, 0) is 56.4 Å². The van der Waals surface area contributed by atoms with Crippen LogP contribution in [0.5, 0.6) is 0 Å². The Morgan fingerprint density at radius 2 is 1.83 bits per heavy atom. The Labute approximate surface area is 171 Å². The number of carbonyl (C=O) groups excluding carboxylic acids is 1. The number of benzene rings is 1. The summed E-state index contributed by atoms with van der Waals surface area (Å²) >= 11 is 0. The minimum atomic E-state index is -3.71. The van der Waals surface area contributed by atoms with E-state index in [0.29, 0.717) is 19.3 Å². The van der Waals surface area contributed by atoms with E-state index in [1.165, 1.54) is 12.1 Å². The van der Waals surface area contributed by atoms with Gasteiger partial charge in [-0.2, -0.15) is 0 Å². The van der Waals surface area contributed by atoms with Crippen LogP contribution in [-0.2, 0) is 19.6 Å². The highest BCUT2D eigenvalue weighted by Gasteiger charge is 2.33. The molecule has 1 amide bonds. The molecule has 9 heteroatoms. The van der Waals surface area contributed by atoms with Crippen molar-refractivity contribution in [2.45, 2.75) is 68.1 Å². The maximum atomic E-state index is 13.0. The fourth-order valence-corrected chi connectivity index (χ4v) is 5.10. The lowest BCUT2D eigenvalue weighted by Crippen LogP contribution is -2.52. The van der Waals surface area contributed by atoms with Crippen LogP contribution in [0.1, 0.15) is 44.9 Å². The third kappa shape index (κ3) is 5.97. The Hall–Kier alpha value is -1.55. The molecule has 3 rings (SSSR count). The van der Waals surface area contributed by atoms with E-state index in [9.17, 15) is 22.7 Å². The molecule has 0 bridgehead atoms. The molecule has 0 radical (unpaired) electrons. The monoisotopic (exact) mass is 428 g/mol. The van der Waals surface area contributed by atoms with Gasteiger partial charge in [0.25, 0.3) is 0 Å². The fourth-order valence-electron chi connectivity index (χ4n) is 4.05. The van der Waals surface area contributed by atoms with Gasteiger partial charge in [0.1, 0.15) is 11.9 Å². The Kier molecular flexibility index (Phi) is 7.61. The molecule has 29 heavy (non-hydrogen) atoms. The molecule has 3 N–H and O–H groups in total. The second-order valence-corrected chi connectivity index (χ2v) is 9.56. The summed E-state index contributed by atoms with van der Waals surface area (Å²) < 4.78 is 45.8. The van der Waals surface area contributed by atoms with Gasteiger partial charge in [0.15, 0.2) is 0 Å². The molecule has 1 aliphatic carbocycles. The zero-order chi connectivity index (χ0) is 20.9. The first-order valence-electron chi connectivity index (χ1n) is 10.2. The van der Waals surface area contributed by atoms with Gasteiger partial charge in [-0.25, -0.2) is 17.5 Å². The molecular formula is C20H29FN2O5S. The van der Waals surface area contributed by atoms with Crippen molar-refractivity contribution in [2.24, 2.45) is 5.92 Å². The SMILES string of the molecule is O=C(N[C@@H]1CC[C@H](CCNS(=O)(=O)c2ccc(F)cc2)O[C@@H]1CO)C1CCCC1. The number of sulfonamides is 1. The number of rotatable bonds is 8. The van der Waals surface area contributed by atoms with Crippen molar-refractivity contribution in [3.63, 3.8) is 0 Å². The predicted octanol–water partition coefficient (Wildman–Crippen LogP) is 1.71. The summed E-state index contributed by atoms with van der Waals surface area (Å²) in [6.45, 7) is -0.0327. The van der Waals surface area contributed by atoms with Crippen LogP contribution in [0.3, 0.4) is 0 Å². The smallest absolute Gasteiger partial charge is 0.240 e. The van der Waals surface area contributed by atoms with E-state index in [1.54, 1.807) is 0 Å². The minimum absolute atomic E-state index is 0.00591. The van der Waals surface area contributed by atoms with Gasteiger partial charge in [-0.15, -0.1) is 0 Å². The van der Waals surface area contributed by atoms with Crippen LogP contribution < -0.4 is 10.0 Å². The van der Waals surface area contributed by atoms with Crippen LogP contribution in [0.2, 0.25) is 0 Å². The van der Waals surface area contributed by atoms with Gasteiger partial charge in [-0.1, -0.05) is 12.8 Å². The highest BCUT2D eigenvalue weighted by atomic mass is 32.2. The summed E-state index contributed by atoms with van der Waals surface area (Å²) in [7, 11) is -3.71. The number of hydrogen-bond acceptors (Lipinski definition) is 5. The molecule has 1 heterocycles. The summed E-state index contributed by atoms with van der Waals surface area (Å²) in [5, 5.41) is 12.7. The van der Waals surface area contributed by atoms with Crippen LogP contribution >= 0.6 is 0 Å². The lowest BCUT2D eigenvalue weighted by atomic mass is 9.96. The highest BCUT2D eigenvalue weighted by Crippen LogP contribution is 2.27. The fraction of sp³-hybridized carbons (Fsp3) is 0.650. The van der Waals surface area contributed by atoms with Crippen LogP contribution in [0.4, 0.5) is 4.39 Å². The van der Waals surface area contributed by atoms with E-state index in [2.05, 4.69) is 10.0 Å². The first kappa shape index (κ1) is 22.1. The molecule has 1 saturated heterocycles. The van der Waals surface area contributed by atoms with Crippen LogP contribution in [0, 0.1) is 11.7 Å². The van der Waals surface area contributed by atoms with Crippen LogP contribution in [-0.4, -0.2) is 50.8 Å². The Bertz CT molecular complexity index is 781. The van der Waals surface area contributed by atoms with Crippen molar-refractivity contribution in [3.8, 4) is 0 Å². The van der Waals surface area contributed by atoms with Gasteiger partial charge in [0.05, 0.1) is 23.6 Å². The van der Waals surface area contributed by atoms with Crippen molar-refractivity contribution >= 4 is 15.9 Å². The van der Waals surface area contributed by atoms with Gasteiger partial charge in [-0.3, -0.25) is 4.79 Å². The van der Waals surface area contributed by atoms with E-state index >= 15 is 0 Å². The molecule has 3 atom stereocenters. The third-order valence-corrected chi connectivity index (χ3v) is 7.21. The van der Waals surface area contributed by atoms with Crippen LogP contribution in [0.15, 0.2) is 29.2 Å². The predicted molar refractivity (Wildman–Crippen MR) is 105 cm³/mol. The number of hydrogen-bond donors (Lipinski definition) is 3. The third-order valence-electron chi connectivity index (χ3n) is 5.73. The number of ether oxygens (including phenoxy) is 1. The number of aliphatic hydroxyl groups is 1. The van der Waals surface area contributed by atoms with Gasteiger partial charge in [0, 0.05) is 12.5 Å². The molecule has 162 valence electrons. The maximum absolute atomic E-state index is 13.0. The molecule has 0 unspecified atom stereocenters. The molecule has 1 aromatic rings. The van der Waals surface area contributed by atoms with Crippen molar-refractivity contribution in [1.29, 1.82) is 0 Å². The van der Waals surface area contributed by atoms with E-state index < -0.39 is 21.9 Å². The largest absolute Gasteiger partial charge is 0.394 e. The quantitative estimate of drug-likeness (QED) is 0.585. The molecule has 1 aliphatic heterocycles. The van der Waals surface area contributed by atoms with Crippen LogP contribution in [0.25, 0.3) is 0 Å². The summed E-state index contributed by atoms with van der Waals surface area (Å²) in [5.41, 5.74) is 0. The second-order valence-electron chi connectivity index (χ2n) is 7.79. The second kappa shape index (κ2) is 9.97. The molecule has 1 saturated carbocycles. The number of halogens is 1. The maximum Gasteiger partial charge on any atom is 0.240 e. The van der Waals surface area contributed by atoms with Gasteiger partial charge >= 0.3 is 0 Å². The zero-order valence-corrected chi connectivity index (χ0v) is 17.2. The molecule has 2 aliphatic rings. The average Bonchev–Trinajstić information content (AvgIpc) is 3.24. The Morgan fingerprint density at radius 3 is 2.48 bits per heavy atom. The van der Waals surface area contributed by atoms with Crippen molar-refractivity contribution in [2.75, 3.05) is 13.2 Å². The van der Waals surface area contributed by atoms with E-state index in [0.717, 1.165) is 37.8 Å². The van der Waals surface area contributed by atoms with Gasteiger partial charge < -0.3 is 15.2 Å². The van der Waals surface area contributed by atoms with Crippen molar-refractivity contribution in [3.05, 3.63) is 30.1 Å². The summed E-state index contributed by atoms with van der Waals surface area (Å²) in [6, 6.07) is 4.41. The van der Waals surface area contributed by atoms with E-state index in [1.807, 2.05) is 0 Å². The molecule has 1 aromatic carbocycles. The van der Waals surface area contributed by atoms with E-state index in [-0.39, 0.29) is 42.0 Å². The highest BCUT2D eigenvalue weighted by molar-refractivity contribution is 7.89. The standard InChI is InChI=1S/C20H29FN2O5S/c21-15-5-8-17(9-6-15)29(26,27)22-12-11-16-7-10-18(19(13-24)28-16)23-20(25)14-3-1-2-4-14/h5-6,8-9,14,16,18-19,22,24H,1-4,7,10-13H2,(H,23,25)/t16-,18-,19-/m1/s1. The molecular weight excluding hydrogens is 399 g/mol. The number of aliphatic hydroxyl groups excluding tert-OH is 1. The first-order chi connectivity index (χ1) is 13.9. The topological polar surface area (TPSA) is 105 Å². The molecule has 7 nitrogen and oxygen atoms in total. The first-order valence-corrected chi connectivity index (χ1v) is 11.7. The molecule has 0 spiro atoms. The summed E-state index contributed by atoms with van der Waals surface area (Å²) in [5.74, 6) is -0.392. The lowest BCUT2D eigenvalue weighted by Gasteiger charge is -2.36. The average molecular weight is 429 g/mol. The number of amides is 1. The molecule has 2 fully saturated rings. The summed E-state index contributed by atoms with van der Waals surface area (Å²) in [4.78, 5) is 12.4. The minimum Gasteiger partial charge on any atom is -0.394 e. The van der Waals surface area contributed by atoms with Crippen molar-refractivity contribution < 1.29 is 27.4 Å². The normalized spacial score (nSPS) is 25.8. The molecule has 0 aromatic heterocycles. The Morgan fingerprint density at radius 1 is 1.14 bits per heavy atom. The van der Waals surface area contributed by atoms with Crippen molar-refractivity contribution in [1.82, 2.24) is 10.0 Å². The lowest BCUT2D eigenvalue weighted by molar-refractivity contribution is -0.131. The van der Waals surface area contributed by atoms with E-state index in [4.69, 9.17) is 4.74 Å². The number of carbonyl (C=O) groups is 1. The van der Waals surface area contributed by atoms with Gasteiger partial charge in [0.2, 0.25) is 15.9 Å². The zero-order valence-electron chi connectivity index (χ0n) is 16.3. The Balaban J connectivity index is 1.45. The number of nitrogens with one attached hydrogen (secondary N) is 2. The summed E-state index contributed by atoms with van der Waals surface area (Å²) in [6.07, 6.45) is 5.09.